The molecule has 0 aromatic heterocycles. The fourth-order valence-corrected chi connectivity index (χ4v) is 6.78. The van der Waals surface area contributed by atoms with Crippen molar-refractivity contribution in [2.24, 2.45) is 0 Å². The summed E-state index contributed by atoms with van der Waals surface area (Å²) in [5.74, 6) is 0. The van der Waals surface area contributed by atoms with Crippen LogP contribution >= 0.6 is 17.0 Å². The van der Waals surface area contributed by atoms with Crippen molar-refractivity contribution in [3.05, 3.63) is 83.9 Å². The molecule has 0 saturated heterocycles. The molecule has 0 bridgehead atoms. The van der Waals surface area contributed by atoms with E-state index in [0.29, 0.717) is 0 Å². The zero-order valence-electron chi connectivity index (χ0n) is 19.6. The number of fused-ring (bicyclic) bond motifs is 2. The topological polar surface area (TPSA) is 0 Å². The van der Waals surface area contributed by atoms with Crippen molar-refractivity contribution in [2.75, 3.05) is 0 Å². The molecule has 5 heteroatoms. The van der Waals surface area contributed by atoms with E-state index in [9.17, 15) is 0 Å². The van der Waals surface area contributed by atoms with Crippen LogP contribution in [0, 0.1) is 0 Å². The molecule has 0 unspecified atom stereocenters. The predicted molar refractivity (Wildman–Crippen MR) is 145 cm³/mol. The molecule has 0 nitrogen and oxygen atoms in total. The zero-order valence-corrected chi connectivity index (χ0v) is 25.6. The molecule has 0 amide bonds. The molecule has 4 aromatic rings. The van der Waals surface area contributed by atoms with Crippen LogP contribution in [-0.2, 0) is 32.9 Å². The molecule has 164 valence electrons. The van der Waals surface area contributed by atoms with Gasteiger partial charge in [-0.2, -0.15) is 23.3 Å². The van der Waals surface area contributed by atoms with E-state index in [-0.39, 0.29) is 0 Å². The number of hydrogen-bond acceptors (Lipinski definition) is 0. The van der Waals surface area contributed by atoms with Gasteiger partial charge < -0.3 is 0 Å². The second-order valence-electron chi connectivity index (χ2n) is 10.4. The van der Waals surface area contributed by atoms with Crippen LogP contribution in [0.5, 0.6) is 0 Å². The maximum atomic E-state index is 4.93. The van der Waals surface area contributed by atoms with E-state index in [1.165, 1.54) is 33.6 Å². The third-order valence-electron chi connectivity index (χ3n) is 4.98. The Bertz CT molecular complexity index is 982. The predicted octanol–water partition coefficient (Wildman–Crippen LogP) is 9.33. The Kier molecular flexibility index (Phi) is 10.5. The normalized spacial score (nSPS) is 11.4. The third kappa shape index (κ3) is 9.14. The van der Waals surface area contributed by atoms with Gasteiger partial charge in [-0.05, 0) is 0 Å². The summed E-state index contributed by atoms with van der Waals surface area (Å²) in [7, 11) is 7.91. The van der Waals surface area contributed by atoms with Crippen LogP contribution < -0.4 is 0 Å². The van der Waals surface area contributed by atoms with Crippen LogP contribution in [0.25, 0.3) is 21.5 Å². The van der Waals surface area contributed by atoms with Gasteiger partial charge in [-0.25, -0.2) is 0 Å². The van der Waals surface area contributed by atoms with Gasteiger partial charge in [-0.15, -0.1) is 70.1 Å². The molecule has 4 aromatic carbocycles. The third-order valence-corrected chi connectivity index (χ3v) is 7.87. The zero-order chi connectivity index (χ0) is 23.1. The molecule has 4 rings (SSSR count). The first-order valence-corrected chi connectivity index (χ1v) is 24.5. The Hall–Kier alpha value is -0.443. The van der Waals surface area contributed by atoms with Crippen LogP contribution in [0.15, 0.2) is 72.8 Å². The summed E-state index contributed by atoms with van der Waals surface area (Å²) >= 11 is -0.826. The molecule has 0 N–H and O–H groups in total. The molecule has 31 heavy (non-hydrogen) atoms. The monoisotopic (exact) mass is 562 g/mol. The molecule has 0 aliphatic carbocycles. The Morgan fingerprint density at radius 2 is 0.968 bits per heavy atom. The minimum atomic E-state index is -0.979. The van der Waals surface area contributed by atoms with E-state index >= 15 is 0 Å². The number of halogens is 2. The summed E-state index contributed by atoms with van der Waals surface area (Å²) in [5.41, 5.74) is 3.08. The number of rotatable bonds is 4. The summed E-state index contributed by atoms with van der Waals surface area (Å²) in [6.45, 7) is 14.6. The van der Waals surface area contributed by atoms with E-state index in [1.807, 2.05) is 0 Å². The van der Waals surface area contributed by atoms with Gasteiger partial charge in [0.25, 0.3) is 0 Å². The summed E-state index contributed by atoms with van der Waals surface area (Å²) in [5, 5.41) is 5.69. The van der Waals surface area contributed by atoms with Crippen molar-refractivity contribution >= 4 is 54.7 Å². The SMILES string of the molecule is C[Si](C)(C)Cc1c[cH-]c2ccccc12.C[Si](C)(C)Cc1c[cH-]c2ccccc12.[Cl][Zr+2][Cl]. The van der Waals surface area contributed by atoms with Gasteiger partial charge in [-0.3, -0.25) is 0 Å². The first kappa shape index (κ1) is 26.8. The molecule has 0 aliphatic rings. The summed E-state index contributed by atoms with van der Waals surface area (Å²) < 4.78 is 0. The van der Waals surface area contributed by atoms with Crippen LogP contribution in [-0.4, -0.2) is 16.1 Å². The quantitative estimate of drug-likeness (QED) is 0.171. The fraction of sp³-hybridized carbons (Fsp3) is 0.308. The minimum absolute atomic E-state index is 0.826. The summed E-state index contributed by atoms with van der Waals surface area (Å²) in [6.07, 6.45) is 0. The summed E-state index contributed by atoms with van der Waals surface area (Å²) in [4.78, 5) is 0. The van der Waals surface area contributed by atoms with Crippen molar-refractivity contribution in [2.45, 2.75) is 51.4 Å². The van der Waals surface area contributed by atoms with Gasteiger partial charge in [0.2, 0.25) is 0 Å². The van der Waals surface area contributed by atoms with Crippen molar-refractivity contribution < 1.29 is 20.8 Å². The molecule has 0 heterocycles. The molecular formula is C26H34Cl2Si2Zr. The Balaban J connectivity index is 0.000000196. The van der Waals surface area contributed by atoms with Crippen molar-refractivity contribution in [1.82, 2.24) is 0 Å². The van der Waals surface area contributed by atoms with E-state index in [1.54, 1.807) is 11.1 Å². The van der Waals surface area contributed by atoms with E-state index in [0.717, 1.165) is 0 Å². The van der Waals surface area contributed by atoms with Crippen molar-refractivity contribution in [3.63, 3.8) is 0 Å². The molecule has 0 spiro atoms. The van der Waals surface area contributed by atoms with Gasteiger partial charge in [-0.1, -0.05) is 63.5 Å². The molecule has 0 fully saturated rings. The average molecular weight is 565 g/mol. The van der Waals surface area contributed by atoms with Gasteiger partial charge in [0.15, 0.2) is 0 Å². The van der Waals surface area contributed by atoms with Crippen molar-refractivity contribution in [3.8, 4) is 0 Å². The first-order valence-electron chi connectivity index (χ1n) is 10.8. The molecule has 0 aliphatic heterocycles. The maximum absolute atomic E-state index is 4.93. The second kappa shape index (κ2) is 12.1. The van der Waals surface area contributed by atoms with Crippen LogP contribution in [0.2, 0.25) is 39.3 Å². The van der Waals surface area contributed by atoms with E-state index in [2.05, 4.69) is 112 Å². The Morgan fingerprint density at radius 3 is 1.29 bits per heavy atom. The van der Waals surface area contributed by atoms with Crippen LogP contribution in [0.1, 0.15) is 11.1 Å². The molecule has 0 saturated carbocycles. The number of benzene rings is 2. The van der Waals surface area contributed by atoms with Crippen LogP contribution in [0.3, 0.4) is 0 Å². The van der Waals surface area contributed by atoms with Gasteiger partial charge >= 0.3 is 37.9 Å². The van der Waals surface area contributed by atoms with Crippen molar-refractivity contribution in [1.29, 1.82) is 0 Å². The molecular weight excluding hydrogens is 531 g/mol. The van der Waals surface area contributed by atoms with Gasteiger partial charge in [0, 0.05) is 16.1 Å². The van der Waals surface area contributed by atoms with Gasteiger partial charge in [0.05, 0.1) is 0 Å². The van der Waals surface area contributed by atoms with Gasteiger partial charge in [0.1, 0.15) is 0 Å². The molecule has 0 radical (unpaired) electrons. The summed E-state index contributed by atoms with van der Waals surface area (Å²) in [6, 6.07) is 29.0. The second-order valence-corrected chi connectivity index (χ2v) is 25.1. The number of hydrogen-bond donors (Lipinski definition) is 0. The first-order chi connectivity index (χ1) is 14.5. The van der Waals surface area contributed by atoms with E-state index < -0.39 is 37.0 Å². The van der Waals surface area contributed by atoms with E-state index in [4.69, 9.17) is 17.0 Å². The molecule has 0 atom stereocenters. The van der Waals surface area contributed by atoms with Crippen LogP contribution in [0.4, 0.5) is 0 Å². The fourth-order valence-electron chi connectivity index (χ4n) is 3.88. The standard InChI is InChI=1S/2C13H17Si.2ClH.Zr/c2*1-14(2,3)10-12-9-8-11-6-4-5-7-13(11)12;;;/h2*4-9H,10H2,1-3H3;2*1H;/q2*-1;;;+4/p-2. The average Bonchev–Trinajstić information content (AvgIpc) is 3.25. The Morgan fingerprint density at radius 1 is 0.645 bits per heavy atom. The Labute approximate surface area is 209 Å².